The van der Waals surface area contributed by atoms with Gasteiger partial charge in [-0.25, -0.2) is 0 Å². The van der Waals surface area contributed by atoms with Crippen molar-refractivity contribution >= 4 is 0 Å². The first kappa shape index (κ1) is 9.74. The SMILES string of the molecule is CC1(C)Cc2occ(CO)c2C(O)C1. The molecule has 2 rings (SSSR count). The Morgan fingerprint density at radius 3 is 2.93 bits per heavy atom. The van der Waals surface area contributed by atoms with Gasteiger partial charge in [0.25, 0.3) is 0 Å². The molecule has 1 unspecified atom stereocenters. The quantitative estimate of drug-likeness (QED) is 0.719. The van der Waals surface area contributed by atoms with Gasteiger partial charge < -0.3 is 14.6 Å². The molecular formula is C11H16O3. The molecule has 0 spiro atoms. The van der Waals surface area contributed by atoms with E-state index in [2.05, 4.69) is 13.8 Å². The Bertz CT molecular complexity index is 338. The first-order valence-electron chi connectivity index (χ1n) is 4.91. The van der Waals surface area contributed by atoms with E-state index in [9.17, 15) is 5.11 Å². The Balaban J connectivity index is 2.42. The van der Waals surface area contributed by atoms with Crippen LogP contribution < -0.4 is 0 Å². The van der Waals surface area contributed by atoms with E-state index < -0.39 is 6.10 Å². The maximum atomic E-state index is 9.93. The fourth-order valence-corrected chi connectivity index (χ4v) is 2.24. The summed E-state index contributed by atoms with van der Waals surface area (Å²) in [5.41, 5.74) is 1.62. The Morgan fingerprint density at radius 2 is 2.29 bits per heavy atom. The van der Waals surface area contributed by atoms with Crippen LogP contribution in [0.4, 0.5) is 0 Å². The molecule has 1 aromatic heterocycles. The van der Waals surface area contributed by atoms with Gasteiger partial charge in [0.15, 0.2) is 0 Å². The highest BCUT2D eigenvalue weighted by molar-refractivity contribution is 5.32. The van der Waals surface area contributed by atoms with Gasteiger partial charge in [0, 0.05) is 17.5 Å². The summed E-state index contributed by atoms with van der Waals surface area (Å²) in [7, 11) is 0. The molecule has 1 aliphatic carbocycles. The van der Waals surface area contributed by atoms with Crippen LogP contribution in [0.3, 0.4) is 0 Å². The first-order chi connectivity index (χ1) is 6.53. The van der Waals surface area contributed by atoms with Gasteiger partial charge in [-0.3, -0.25) is 0 Å². The van der Waals surface area contributed by atoms with Gasteiger partial charge in [0.2, 0.25) is 0 Å². The molecule has 0 aliphatic heterocycles. The van der Waals surface area contributed by atoms with Gasteiger partial charge in [-0.1, -0.05) is 13.8 Å². The fraction of sp³-hybridized carbons (Fsp3) is 0.636. The second kappa shape index (κ2) is 3.11. The third kappa shape index (κ3) is 1.47. The van der Waals surface area contributed by atoms with Crippen LogP contribution in [0, 0.1) is 5.41 Å². The number of furan rings is 1. The van der Waals surface area contributed by atoms with E-state index in [-0.39, 0.29) is 12.0 Å². The van der Waals surface area contributed by atoms with E-state index in [4.69, 9.17) is 9.52 Å². The van der Waals surface area contributed by atoms with Gasteiger partial charge >= 0.3 is 0 Å². The zero-order chi connectivity index (χ0) is 10.3. The number of aliphatic hydroxyl groups is 2. The number of hydrogen-bond acceptors (Lipinski definition) is 3. The third-order valence-electron chi connectivity index (χ3n) is 2.88. The molecule has 0 saturated heterocycles. The number of rotatable bonds is 1. The zero-order valence-electron chi connectivity index (χ0n) is 8.58. The van der Waals surface area contributed by atoms with Crippen LogP contribution in [-0.2, 0) is 13.0 Å². The summed E-state index contributed by atoms with van der Waals surface area (Å²) in [6, 6.07) is 0. The van der Waals surface area contributed by atoms with Gasteiger partial charge in [0.05, 0.1) is 19.0 Å². The summed E-state index contributed by atoms with van der Waals surface area (Å²) in [4.78, 5) is 0. The normalized spacial score (nSPS) is 24.7. The molecule has 1 aliphatic rings. The lowest BCUT2D eigenvalue weighted by molar-refractivity contribution is 0.0916. The highest BCUT2D eigenvalue weighted by Crippen LogP contribution is 2.42. The minimum Gasteiger partial charge on any atom is -0.469 e. The molecule has 0 bridgehead atoms. The van der Waals surface area contributed by atoms with Gasteiger partial charge in [-0.15, -0.1) is 0 Å². The van der Waals surface area contributed by atoms with E-state index >= 15 is 0 Å². The summed E-state index contributed by atoms with van der Waals surface area (Å²) in [5, 5.41) is 19.0. The molecular weight excluding hydrogens is 180 g/mol. The molecule has 1 aromatic rings. The van der Waals surface area contributed by atoms with Crippen molar-refractivity contribution in [3.8, 4) is 0 Å². The van der Waals surface area contributed by atoms with Crippen molar-refractivity contribution in [2.75, 3.05) is 0 Å². The first-order valence-corrected chi connectivity index (χ1v) is 4.91. The lowest BCUT2D eigenvalue weighted by Crippen LogP contribution is -2.25. The minimum absolute atomic E-state index is 0.0592. The van der Waals surface area contributed by atoms with Crippen LogP contribution >= 0.6 is 0 Å². The lowest BCUT2D eigenvalue weighted by atomic mass is 9.75. The fourth-order valence-electron chi connectivity index (χ4n) is 2.24. The Morgan fingerprint density at radius 1 is 1.57 bits per heavy atom. The second-order valence-corrected chi connectivity index (χ2v) is 4.82. The Kier molecular flexibility index (Phi) is 2.16. The lowest BCUT2D eigenvalue weighted by Gasteiger charge is -2.32. The molecule has 0 fully saturated rings. The highest BCUT2D eigenvalue weighted by atomic mass is 16.3. The summed E-state index contributed by atoms with van der Waals surface area (Å²) < 4.78 is 5.36. The number of hydrogen-bond donors (Lipinski definition) is 2. The van der Waals surface area contributed by atoms with Crippen molar-refractivity contribution in [2.24, 2.45) is 5.41 Å². The molecule has 0 saturated carbocycles. The summed E-state index contributed by atoms with van der Waals surface area (Å²) in [5.74, 6) is 0.831. The van der Waals surface area contributed by atoms with E-state index in [0.29, 0.717) is 0 Å². The van der Waals surface area contributed by atoms with E-state index in [1.54, 1.807) is 6.26 Å². The molecule has 0 amide bonds. The van der Waals surface area contributed by atoms with Gasteiger partial charge in [0.1, 0.15) is 5.76 Å². The third-order valence-corrected chi connectivity index (χ3v) is 2.88. The molecule has 3 nitrogen and oxygen atoms in total. The number of aliphatic hydroxyl groups excluding tert-OH is 2. The summed E-state index contributed by atoms with van der Waals surface area (Å²) in [6.07, 6.45) is 2.62. The summed E-state index contributed by atoms with van der Waals surface area (Å²) >= 11 is 0. The topological polar surface area (TPSA) is 53.6 Å². The molecule has 3 heteroatoms. The molecule has 2 N–H and O–H groups in total. The van der Waals surface area contributed by atoms with E-state index in [1.165, 1.54) is 0 Å². The Hall–Kier alpha value is -0.800. The van der Waals surface area contributed by atoms with Crippen LogP contribution in [0.15, 0.2) is 10.7 Å². The predicted octanol–water partition coefficient (Wildman–Crippen LogP) is 1.78. The molecule has 0 aromatic carbocycles. The zero-order valence-corrected chi connectivity index (χ0v) is 8.58. The summed E-state index contributed by atoms with van der Waals surface area (Å²) in [6.45, 7) is 4.16. The van der Waals surface area contributed by atoms with Crippen molar-refractivity contribution < 1.29 is 14.6 Å². The van der Waals surface area contributed by atoms with Crippen LogP contribution in [0.5, 0.6) is 0 Å². The predicted molar refractivity (Wildman–Crippen MR) is 51.7 cm³/mol. The molecule has 14 heavy (non-hydrogen) atoms. The molecule has 0 radical (unpaired) electrons. The van der Waals surface area contributed by atoms with Crippen molar-refractivity contribution in [3.05, 3.63) is 23.2 Å². The maximum Gasteiger partial charge on any atom is 0.110 e. The Labute approximate surface area is 83.4 Å². The average molecular weight is 196 g/mol. The van der Waals surface area contributed by atoms with Crippen molar-refractivity contribution in [1.82, 2.24) is 0 Å². The maximum absolute atomic E-state index is 9.93. The van der Waals surface area contributed by atoms with Crippen molar-refractivity contribution in [3.63, 3.8) is 0 Å². The van der Waals surface area contributed by atoms with E-state index in [1.807, 2.05) is 0 Å². The van der Waals surface area contributed by atoms with Crippen LogP contribution in [-0.4, -0.2) is 10.2 Å². The number of fused-ring (bicyclic) bond motifs is 1. The van der Waals surface area contributed by atoms with Crippen molar-refractivity contribution in [1.29, 1.82) is 0 Å². The van der Waals surface area contributed by atoms with Gasteiger partial charge in [-0.05, 0) is 11.8 Å². The average Bonchev–Trinajstić information content (AvgIpc) is 2.44. The second-order valence-electron chi connectivity index (χ2n) is 4.82. The van der Waals surface area contributed by atoms with Crippen molar-refractivity contribution in [2.45, 2.75) is 39.4 Å². The van der Waals surface area contributed by atoms with Crippen LogP contribution in [0.1, 0.15) is 43.3 Å². The van der Waals surface area contributed by atoms with Gasteiger partial charge in [-0.2, -0.15) is 0 Å². The monoisotopic (exact) mass is 196 g/mol. The highest BCUT2D eigenvalue weighted by Gasteiger charge is 2.34. The standard InChI is InChI=1S/C11H16O3/c1-11(2)3-8(13)10-7(5-12)6-14-9(10)4-11/h6,8,12-13H,3-5H2,1-2H3. The minimum atomic E-state index is -0.491. The molecule has 1 heterocycles. The molecule has 1 atom stereocenters. The van der Waals surface area contributed by atoms with E-state index in [0.717, 1.165) is 29.7 Å². The smallest absolute Gasteiger partial charge is 0.110 e. The molecule has 78 valence electrons. The largest absolute Gasteiger partial charge is 0.469 e. The van der Waals surface area contributed by atoms with Crippen LogP contribution in [0.2, 0.25) is 0 Å². The van der Waals surface area contributed by atoms with Crippen LogP contribution in [0.25, 0.3) is 0 Å².